The Morgan fingerprint density at radius 3 is 2.89 bits per heavy atom. The van der Waals surface area contributed by atoms with Gasteiger partial charge in [-0.05, 0) is 67.0 Å². The molecule has 2 N–H and O–H groups in total. The first-order valence-electron chi connectivity index (χ1n) is 6.43. The number of hydrogen-bond acceptors (Lipinski definition) is 4. The summed E-state index contributed by atoms with van der Waals surface area (Å²) in [7, 11) is 0. The fourth-order valence-electron chi connectivity index (χ4n) is 2.60. The Kier molecular flexibility index (Phi) is 4.62. The Balaban J connectivity index is 2.36. The van der Waals surface area contributed by atoms with Crippen molar-refractivity contribution in [2.24, 2.45) is 11.7 Å². The quantitative estimate of drug-likeness (QED) is 0.501. The van der Waals surface area contributed by atoms with E-state index < -0.39 is 0 Å². The molecule has 2 rings (SSSR count). The van der Waals surface area contributed by atoms with Crippen molar-refractivity contribution in [3.05, 3.63) is 31.9 Å². The number of piperidine rings is 1. The van der Waals surface area contributed by atoms with Gasteiger partial charge < -0.3 is 10.6 Å². The number of halogens is 1. The third kappa shape index (κ3) is 3.17. The number of rotatable bonds is 3. The lowest BCUT2D eigenvalue weighted by Gasteiger charge is -2.39. The Morgan fingerprint density at radius 1 is 1.53 bits per heavy atom. The second-order valence-corrected chi connectivity index (χ2v) is 6.32. The van der Waals surface area contributed by atoms with E-state index in [1.165, 1.54) is 0 Å². The van der Waals surface area contributed by atoms with Gasteiger partial charge in [0.25, 0.3) is 5.69 Å². The summed E-state index contributed by atoms with van der Waals surface area (Å²) in [6.07, 6.45) is 2.14. The van der Waals surface area contributed by atoms with Crippen molar-refractivity contribution in [1.82, 2.24) is 0 Å². The molecule has 1 heterocycles. The third-order valence-electron chi connectivity index (χ3n) is 3.76. The van der Waals surface area contributed by atoms with Crippen LogP contribution in [0.5, 0.6) is 0 Å². The highest BCUT2D eigenvalue weighted by molar-refractivity contribution is 14.1. The molecular weight excluding hydrogens is 357 g/mol. The van der Waals surface area contributed by atoms with E-state index >= 15 is 0 Å². The molecule has 1 fully saturated rings. The molecule has 1 aliphatic heterocycles. The number of benzene rings is 1. The molecule has 1 aliphatic rings. The second-order valence-electron chi connectivity index (χ2n) is 5.07. The smallest absolute Gasteiger partial charge is 0.293 e. The molecule has 0 aliphatic carbocycles. The van der Waals surface area contributed by atoms with Crippen molar-refractivity contribution < 1.29 is 4.92 Å². The van der Waals surface area contributed by atoms with Gasteiger partial charge in [-0.25, -0.2) is 0 Å². The van der Waals surface area contributed by atoms with Crippen molar-refractivity contribution in [1.29, 1.82) is 0 Å². The number of nitrogens with zero attached hydrogens (tertiary/aromatic N) is 2. The van der Waals surface area contributed by atoms with E-state index in [1.807, 2.05) is 12.1 Å². The van der Waals surface area contributed by atoms with Gasteiger partial charge in [-0.2, -0.15) is 0 Å². The van der Waals surface area contributed by atoms with Crippen molar-refractivity contribution in [2.45, 2.75) is 25.8 Å². The molecule has 2 unspecified atom stereocenters. The van der Waals surface area contributed by atoms with Crippen LogP contribution in [0.2, 0.25) is 0 Å². The van der Waals surface area contributed by atoms with E-state index in [0.717, 1.165) is 28.6 Å². The highest BCUT2D eigenvalue weighted by Gasteiger charge is 2.29. The molecule has 1 saturated heterocycles. The van der Waals surface area contributed by atoms with Crippen LogP contribution < -0.4 is 10.6 Å². The predicted octanol–water partition coefficient (Wildman–Crippen LogP) is 2.76. The van der Waals surface area contributed by atoms with E-state index in [4.69, 9.17) is 5.73 Å². The normalized spacial score (nSPS) is 23.4. The molecule has 0 amide bonds. The van der Waals surface area contributed by atoms with Gasteiger partial charge in [-0.1, -0.05) is 0 Å². The molecule has 2 atom stereocenters. The lowest BCUT2D eigenvalue weighted by atomic mass is 9.93. The van der Waals surface area contributed by atoms with Crippen molar-refractivity contribution >= 4 is 34.0 Å². The number of hydrogen-bond donors (Lipinski definition) is 1. The minimum absolute atomic E-state index is 0.191. The number of nitrogens with two attached hydrogens (primary N) is 1. The standard InChI is InChI=1S/C13H18IN3O2/c1-9-2-3-10(7-15)8-16(9)12-5-4-11(14)6-13(12)17(18)19/h4-6,9-10H,2-3,7-8,15H2,1H3. The van der Waals surface area contributed by atoms with Gasteiger partial charge >= 0.3 is 0 Å². The summed E-state index contributed by atoms with van der Waals surface area (Å²) >= 11 is 2.10. The first-order chi connectivity index (χ1) is 9.02. The molecule has 1 aromatic rings. The van der Waals surface area contributed by atoms with Gasteiger partial charge in [0.15, 0.2) is 0 Å². The molecule has 6 heteroatoms. The number of anilines is 1. The molecule has 5 nitrogen and oxygen atoms in total. The summed E-state index contributed by atoms with van der Waals surface area (Å²) in [5, 5.41) is 11.2. The van der Waals surface area contributed by atoms with Crippen LogP contribution in [-0.2, 0) is 0 Å². The molecule has 0 aromatic heterocycles. The van der Waals surface area contributed by atoms with Gasteiger partial charge in [0.2, 0.25) is 0 Å². The summed E-state index contributed by atoms with van der Waals surface area (Å²) in [5.41, 5.74) is 6.66. The minimum Gasteiger partial charge on any atom is -0.363 e. The molecule has 104 valence electrons. The second kappa shape index (κ2) is 6.04. The van der Waals surface area contributed by atoms with Crippen LogP contribution >= 0.6 is 22.6 Å². The maximum Gasteiger partial charge on any atom is 0.293 e. The number of nitro groups is 1. The van der Waals surface area contributed by atoms with Crippen LogP contribution in [0.4, 0.5) is 11.4 Å². The van der Waals surface area contributed by atoms with Crippen LogP contribution in [0, 0.1) is 19.6 Å². The van der Waals surface area contributed by atoms with E-state index in [2.05, 4.69) is 34.4 Å². The summed E-state index contributed by atoms with van der Waals surface area (Å²) in [5.74, 6) is 0.426. The number of nitro benzene ring substituents is 1. The van der Waals surface area contributed by atoms with Crippen LogP contribution in [0.25, 0.3) is 0 Å². The monoisotopic (exact) mass is 375 g/mol. The highest BCUT2D eigenvalue weighted by Crippen LogP contribution is 2.35. The maximum absolute atomic E-state index is 11.2. The lowest BCUT2D eigenvalue weighted by molar-refractivity contribution is -0.384. The first kappa shape index (κ1) is 14.5. The van der Waals surface area contributed by atoms with Gasteiger partial charge in [0.05, 0.1) is 4.92 Å². The third-order valence-corrected chi connectivity index (χ3v) is 4.43. The average Bonchev–Trinajstić information content (AvgIpc) is 2.39. The fourth-order valence-corrected chi connectivity index (χ4v) is 3.07. The van der Waals surface area contributed by atoms with Gasteiger partial charge in [0.1, 0.15) is 5.69 Å². The van der Waals surface area contributed by atoms with Gasteiger partial charge in [-0.3, -0.25) is 10.1 Å². The molecule has 0 spiro atoms. The Hall–Kier alpha value is -0.890. The fraction of sp³-hybridized carbons (Fsp3) is 0.538. The van der Waals surface area contributed by atoms with Crippen LogP contribution in [-0.4, -0.2) is 24.1 Å². The molecule has 1 aromatic carbocycles. The van der Waals surface area contributed by atoms with Crippen LogP contribution in [0.1, 0.15) is 19.8 Å². The molecule has 0 radical (unpaired) electrons. The topological polar surface area (TPSA) is 72.4 Å². The zero-order valence-corrected chi connectivity index (χ0v) is 13.0. The Labute approximate surface area is 126 Å². The maximum atomic E-state index is 11.2. The van der Waals surface area contributed by atoms with E-state index in [9.17, 15) is 10.1 Å². The largest absolute Gasteiger partial charge is 0.363 e. The molecule has 19 heavy (non-hydrogen) atoms. The van der Waals surface area contributed by atoms with Crippen molar-refractivity contribution in [3.8, 4) is 0 Å². The summed E-state index contributed by atoms with van der Waals surface area (Å²) in [6.45, 7) is 3.56. The van der Waals surface area contributed by atoms with Gasteiger partial charge in [0, 0.05) is 22.2 Å². The zero-order chi connectivity index (χ0) is 14.0. The van der Waals surface area contributed by atoms with Crippen molar-refractivity contribution in [2.75, 3.05) is 18.0 Å². The van der Waals surface area contributed by atoms with E-state index in [-0.39, 0.29) is 10.6 Å². The van der Waals surface area contributed by atoms with Crippen LogP contribution in [0.3, 0.4) is 0 Å². The average molecular weight is 375 g/mol. The summed E-state index contributed by atoms with van der Waals surface area (Å²) in [6, 6.07) is 5.73. The van der Waals surface area contributed by atoms with E-state index in [0.29, 0.717) is 18.5 Å². The predicted molar refractivity (Wildman–Crippen MR) is 84.4 cm³/mol. The Morgan fingerprint density at radius 2 is 2.26 bits per heavy atom. The highest BCUT2D eigenvalue weighted by atomic mass is 127. The molecule has 0 bridgehead atoms. The zero-order valence-electron chi connectivity index (χ0n) is 10.9. The SMILES string of the molecule is CC1CCC(CN)CN1c1ccc(I)cc1[N+](=O)[O-]. The molecule has 0 saturated carbocycles. The van der Waals surface area contributed by atoms with E-state index in [1.54, 1.807) is 6.07 Å². The summed E-state index contributed by atoms with van der Waals surface area (Å²) < 4.78 is 0.882. The lowest BCUT2D eigenvalue weighted by Crippen LogP contribution is -2.44. The first-order valence-corrected chi connectivity index (χ1v) is 7.51. The van der Waals surface area contributed by atoms with Crippen LogP contribution in [0.15, 0.2) is 18.2 Å². The Bertz CT molecular complexity index is 481. The summed E-state index contributed by atoms with van der Waals surface area (Å²) in [4.78, 5) is 13.1. The van der Waals surface area contributed by atoms with Crippen molar-refractivity contribution in [3.63, 3.8) is 0 Å². The minimum atomic E-state index is -0.295. The van der Waals surface area contributed by atoms with Gasteiger partial charge in [-0.15, -0.1) is 0 Å². The molecular formula is C13H18IN3O2.